The second-order valence-electron chi connectivity index (χ2n) is 3.99. The third-order valence-electron chi connectivity index (χ3n) is 2.95. The van der Waals surface area contributed by atoms with Gasteiger partial charge in [0, 0.05) is 5.69 Å². The molecule has 4 heteroatoms. The molecule has 1 aromatic heterocycles. The molecule has 0 aliphatic rings. The second kappa shape index (κ2) is 4.71. The van der Waals surface area contributed by atoms with Crippen LogP contribution < -0.4 is 0 Å². The number of hydrogen-bond acceptors (Lipinski definition) is 1. The molecule has 0 saturated carbocycles. The van der Waals surface area contributed by atoms with Gasteiger partial charge < -0.3 is 0 Å². The van der Waals surface area contributed by atoms with Crippen LogP contribution in [0.3, 0.4) is 0 Å². The van der Waals surface area contributed by atoms with E-state index in [4.69, 9.17) is 23.2 Å². The van der Waals surface area contributed by atoms with E-state index in [2.05, 4.69) is 18.9 Å². The number of nitrogens with zero attached hydrogens (tertiary/aromatic N) is 2. The first kappa shape index (κ1) is 12.5. The third-order valence-corrected chi connectivity index (χ3v) is 3.76. The highest BCUT2D eigenvalue weighted by Gasteiger charge is 2.14. The monoisotopic (exact) mass is 268 g/mol. The summed E-state index contributed by atoms with van der Waals surface area (Å²) in [4.78, 5) is 0. The van der Waals surface area contributed by atoms with Gasteiger partial charge in [-0.05, 0) is 38.0 Å². The van der Waals surface area contributed by atoms with Crippen molar-refractivity contribution < 1.29 is 0 Å². The van der Waals surface area contributed by atoms with Gasteiger partial charge in [0.1, 0.15) is 0 Å². The number of aromatic nitrogens is 2. The van der Waals surface area contributed by atoms with Crippen LogP contribution in [-0.2, 0) is 6.42 Å². The van der Waals surface area contributed by atoms with Gasteiger partial charge in [-0.3, -0.25) is 0 Å². The first-order valence-corrected chi connectivity index (χ1v) is 6.31. The van der Waals surface area contributed by atoms with E-state index in [1.165, 1.54) is 5.56 Å². The normalized spacial score (nSPS) is 10.9. The molecular weight excluding hydrogens is 255 g/mol. The predicted octanol–water partition coefficient (Wildman–Crippen LogP) is 4.36. The largest absolute Gasteiger partial charge is 0.236 e. The van der Waals surface area contributed by atoms with Crippen molar-refractivity contribution in [2.45, 2.75) is 27.2 Å². The molecule has 0 amide bonds. The maximum atomic E-state index is 6.21. The molecule has 17 heavy (non-hydrogen) atoms. The molecule has 0 spiro atoms. The molecule has 2 nitrogen and oxygen atoms in total. The number of benzene rings is 1. The first-order valence-electron chi connectivity index (χ1n) is 5.55. The zero-order valence-corrected chi connectivity index (χ0v) is 11.6. The maximum absolute atomic E-state index is 6.21. The van der Waals surface area contributed by atoms with Gasteiger partial charge in [0.25, 0.3) is 0 Å². The van der Waals surface area contributed by atoms with Gasteiger partial charge in [-0.25, -0.2) is 4.68 Å². The van der Waals surface area contributed by atoms with E-state index in [0.29, 0.717) is 10.0 Å². The Balaban J connectivity index is 2.65. The summed E-state index contributed by atoms with van der Waals surface area (Å²) < 4.78 is 1.86. The van der Waals surface area contributed by atoms with Gasteiger partial charge in [0.05, 0.1) is 21.4 Å². The van der Waals surface area contributed by atoms with Crippen molar-refractivity contribution in [2.75, 3.05) is 0 Å². The molecule has 90 valence electrons. The molecule has 0 atom stereocenters. The van der Waals surface area contributed by atoms with E-state index < -0.39 is 0 Å². The Morgan fingerprint density at radius 3 is 2.53 bits per heavy atom. The molecule has 2 rings (SSSR count). The van der Waals surface area contributed by atoms with Crippen molar-refractivity contribution in [1.82, 2.24) is 9.78 Å². The SMILES string of the molecule is CCc1c(C)nn(-c2cccc(Cl)c2Cl)c1C. The molecule has 0 unspecified atom stereocenters. The third kappa shape index (κ3) is 2.07. The number of hydrogen-bond donors (Lipinski definition) is 0. The number of halogens is 2. The lowest BCUT2D eigenvalue weighted by Crippen LogP contribution is -2.00. The minimum atomic E-state index is 0.544. The Hall–Kier alpha value is -0.990. The van der Waals surface area contributed by atoms with Crippen LogP contribution in [0.15, 0.2) is 18.2 Å². The Morgan fingerprint density at radius 1 is 1.24 bits per heavy atom. The summed E-state index contributed by atoms with van der Waals surface area (Å²) in [6.45, 7) is 6.19. The fourth-order valence-corrected chi connectivity index (χ4v) is 2.45. The molecule has 0 aliphatic heterocycles. The maximum Gasteiger partial charge on any atom is 0.0850 e. The van der Waals surface area contributed by atoms with Crippen LogP contribution >= 0.6 is 23.2 Å². The molecule has 0 bridgehead atoms. The Bertz CT molecular complexity index is 559. The molecule has 0 radical (unpaired) electrons. The zero-order chi connectivity index (χ0) is 12.6. The highest BCUT2D eigenvalue weighted by molar-refractivity contribution is 6.43. The average Bonchev–Trinajstić information content (AvgIpc) is 2.58. The Labute approximate surface area is 111 Å². The lowest BCUT2D eigenvalue weighted by Gasteiger charge is -2.08. The summed E-state index contributed by atoms with van der Waals surface area (Å²) in [7, 11) is 0. The fourth-order valence-electron chi connectivity index (χ4n) is 2.08. The van der Waals surface area contributed by atoms with E-state index in [9.17, 15) is 0 Å². The van der Waals surface area contributed by atoms with Crippen molar-refractivity contribution in [3.05, 3.63) is 45.2 Å². The summed E-state index contributed by atoms with van der Waals surface area (Å²) in [5.74, 6) is 0. The van der Waals surface area contributed by atoms with Crippen molar-refractivity contribution in [3.63, 3.8) is 0 Å². The summed E-state index contributed by atoms with van der Waals surface area (Å²) in [6, 6.07) is 5.58. The van der Waals surface area contributed by atoms with Crippen molar-refractivity contribution in [1.29, 1.82) is 0 Å². The van der Waals surface area contributed by atoms with Gasteiger partial charge in [-0.1, -0.05) is 36.2 Å². The standard InChI is InChI=1S/C13H14Cl2N2/c1-4-10-8(2)16-17(9(10)3)12-7-5-6-11(14)13(12)15/h5-7H,4H2,1-3H3. The predicted molar refractivity (Wildman–Crippen MR) is 72.4 cm³/mol. The molecular formula is C13H14Cl2N2. The van der Waals surface area contributed by atoms with E-state index in [0.717, 1.165) is 23.5 Å². The Kier molecular flexibility index (Phi) is 3.45. The molecule has 2 aromatic rings. The minimum absolute atomic E-state index is 0.544. The van der Waals surface area contributed by atoms with Gasteiger partial charge >= 0.3 is 0 Å². The van der Waals surface area contributed by atoms with Crippen molar-refractivity contribution in [3.8, 4) is 5.69 Å². The molecule has 0 saturated heterocycles. The summed E-state index contributed by atoms with van der Waals surface area (Å²) >= 11 is 12.2. The highest BCUT2D eigenvalue weighted by Crippen LogP contribution is 2.30. The summed E-state index contributed by atoms with van der Waals surface area (Å²) in [6.07, 6.45) is 0.968. The van der Waals surface area contributed by atoms with Gasteiger partial charge in [0.2, 0.25) is 0 Å². The summed E-state index contributed by atoms with van der Waals surface area (Å²) in [5.41, 5.74) is 4.26. The molecule has 0 aliphatic carbocycles. The number of aryl methyl sites for hydroxylation is 1. The van der Waals surface area contributed by atoms with Gasteiger partial charge in [-0.15, -0.1) is 0 Å². The molecule has 1 heterocycles. The van der Waals surface area contributed by atoms with Crippen LogP contribution in [0.5, 0.6) is 0 Å². The quantitative estimate of drug-likeness (QED) is 0.792. The van der Waals surface area contributed by atoms with Crippen LogP contribution in [-0.4, -0.2) is 9.78 Å². The lowest BCUT2D eigenvalue weighted by molar-refractivity contribution is 0.833. The van der Waals surface area contributed by atoms with Gasteiger partial charge in [-0.2, -0.15) is 5.10 Å². The summed E-state index contributed by atoms with van der Waals surface area (Å²) in [5, 5.41) is 5.62. The van der Waals surface area contributed by atoms with E-state index in [-0.39, 0.29) is 0 Å². The number of rotatable bonds is 2. The fraction of sp³-hybridized carbons (Fsp3) is 0.308. The highest BCUT2D eigenvalue weighted by atomic mass is 35.5. The topological polar surface area (TPSA) is 17.8 Å². The second-order valence-corrected chi connectivity index (χ2v) is 4.77. The average molecular weight is 269 g/mol. The molecule has 0 fully saturated rings. The van der Waals surface area contributed by atoms with Crippen LogP contribution in [0.25, 0.3) is 5.69 Å². The van der Waals surface area contributed by atoms with Crippen molar-refractivity contribution >= 4 is 23.2 Å². The smallest absolute Gasteiger partial charge is 0.0850 e. The van der Waals surface area contributed by atoms with Crippen LogP contribution in [0.4, 0.5) is 0 Å². The van der Waals surface area contributed by atoms with Crippen molar-refractivity contribution in [2.24, 2.45) is 0 Å². The lowest BCUT2D eigenvalue weighted by atomic mass is 10.1. The zero-order valence-electron chi connectivity index (χ0n) is 10.1. The molecule has 0 N–H and O–H groups in total. The van der Waals surface area contributed by atoms with E-state index in [1.54, 1.807) is 6.07 Å². The van der Waals surface area contributed by atoms with E-state index >= 15 is 0 Å². The Morgan fingerprint density at radius 2 is 1.94 bits per heavy atom. The van der Waals surface area contributed by atoms with Crippen LogP contribution in [0.1, 0.15) is 23.9 Å². The van der Waals surface area contributed by atoms with Gasteiger partial charge in [0.15, 0.2) is 0 Å². The van der Waals surface area contributed by atoms with Crippen LogP contribution in [0, 0.1) is 13.8 Å². The van der Waals surface area contributed by atoms with Crippen LogP contribution in [0.2, 0.25) is 10.0 Å². The first-order chi connectivity index (χ1) is 8.06. The minimum Gasteiger partial charge on any atom is -0.236 e. The van der Waals surface area contributed by atoms with E-state index in [1.807, 2.05) is 23.7 Å². The molecule has 1 aromatic carbocycles.